The van der Waals surface area contributed by atoms with Crippen molar-refractivity contribution in [2.75, 3.05) is 20.1 Å². The first-order valence-electron chi connectivity index (χ1n) is 5.85. The van der Waals surface area contributed by atoms with Gasteiger partial charge in [0.15, 0.2) is 5.69 Å². The van der Waals surface area contributed by atoms with Crippen LogP contribution in [0.1, 0.15) is 17.1 Å². The molecule has 1 aromatic rings. The molecule has 106 valence electrons. The molecule has 1 atom stereocenters. The fourth-order valence-corrected chi connectivity index (χ4v) is 2.82. The standard InChI is InChI=1S/C11H14F3N3OS/c1-17(10(18)7-2-3-15-4-7)5-9-16-8(6-19-9)11(12,13)14/h6-7,15H,2-5H2,1H3. The first-order valence-corrected chi connectivity index (χ1v) is 6.73. The molecular formula is C11H14F3N3OS. The average molecular weight is 293 g/mol. The number of nitrogens with one attached hydrogen (secondary N) is 1. The van der Waals surface area contributed by atoms with Crippen molar-refractivity contribution in [3.05, 3.63) is 16.1 Å². The summed E-state index contributed by atoms with van der Waals surface area (Å²) in [6, 6.07) is 0. The second-order valence-corrected chi connectivity index (χ2v) is 5.45. The van der Waals surface area contributed by atoms with E-state index in [1.165, 1.54) is 4.90 Å². The van der Waals surface area contributed by atoms with E-state index in [1.807, 2.05) is 0 Å². The van der Waals surface area contributed by atoms with Crippen LogP contribution in [0.2, 0.25) is 0 Å². The predicted octanol–water partition coefficient (Wildman–Crippen LogP) is 1.73. The summed E-state index contributed by atoms with van der Waals surface area (Å²) in [5.41, 5.74) is -0.893. The molecule has 0 radical (unpaired) electrons. The summed E-state index contributed by atoms with van der Waals surface area (Å²) in [6.07, 6.45) is -3.65. The molecule has 1 N–H and O–H groups in total. The molecule has 1 unspecified atom stereocenters. The van der Waals surface area contributed by atoms with Crippen LogP contribution in [0.3, 0.4) is 0 Å². The molecule has 0 saturated carbocycles. The third kappa shape index (κ3) is 3.44. The van der Waals surface area contributed by atoms with Gasteiger partial charge in [0.25, 0.3) is 0 Å². The minimum absolute atomic E-state index is 0.0474. The molecule has 0 spiro atoms. The quantitative estimate of drug-likeness (QED) is 0.923. The number of hydrogen-bond donors (Lipinski definition) is 1. The van der Waals surface area contributed by atoms with Crippen LogP contribution in [-0.2, 0) is 17.5 Å². The molecule has 0 bridgehead atoms. The van der Waals surface area contributed by atoms with E-state index in [4.69, 9.17) is 0 Å². The fourth-order valence-electron chi connectivity index (χ4n) is 1.97. The smallest absolute Gasteiger partial charge is 0.339 e. The van der Waals surface area contributed by atoms with Crippen LogP contribution in [0.15, 0.2) is 5.38 Å². The highest BCUT2D eigenvalue weighted by Crippen LogP contribution is 2.30. The van der Waals surface area contributed by atoms with E-state index in [0.717, 1.165) is 29.7 Å². The molecule has 1 saturated heterocycles. The summed E-state index contributed by atoms with van der Waals surface area (Å²) < 4.78 is 37.2. The number of nitrogens with zero attached hydrogens (tertiary/aromatic N) is 2. The Balaban J connectivity index is 1.96. The lowest BCUT2D eigenvalue weighted by Gasteiger charge is -2.19. The maximum atomic E-state index is 12.4. The number of thiazole rings is 1. The first kappa shape index (κ1) is 14.3. The summed E-state index contributed by atoms with van der Waals surface area (Å²) in [4.78, 5) is 16.9. The zero-order valence-corrected chi connectivity index (χ0v) is 11.1. The molecule has 4 nitrogen and oxygen atoms in total. The second-order valence-electron chi connectivity index (χ2n) is 4.51. The number of aromatic nitrogens is 1. The Bertz CT molecular complexity index is 454. The third-order valence-electron chi connectivity index (χ3n) is 3.00. The minimum Gasteiger partial charge on any atom is -0.339 e. The fraction of sp³-hybridized carbons (Fsp3) is 0.636. The summed E-state index contributed by atoms with van der Waals surface area (Å²) in [5, 5.41) is 4.36. The number of hydrogen-bond acceptors (Lipinski definition) is 4. The number of carbonyl (C=O) groups excluding carboxylic acids is 1. The lowest BCUT2D eigenvalue weighted by atomic mass is 10.1. The Kier molecular flexibility index (Phi) is 4.10. The molecular weight excluding hydrogens is 279 g/mol. The maximum absolute atomic E-state index is 12.4. The van der Waals surface area contributed by atoms with E-state index in [0.29, 0.717) is 11.6 Å². The van der Waals surface area contributed by atoms with Gasteiger partial charge in [-0.1, -0.05) is 0 Å². The van der Waals surface area contributed by atoms with Gasteiger partial charge in [-0.05, 0) is 13.0 Å². The topological polar surface area (TPSA) is 45.2 Å². The molecule has 0 aliphatic carbocycles. The van der Waals surface area contributed by atoms with Gasteiger partial charge in [0, 0.05) is 19.0 Å². The highest BCUT2D eigenvalue weighted by atomic mass is 32.1. The van der Waals surface area contributed by atoms with Crippen LogP contribution in [0.25, 0.3) is 0 Å². The van der Waals surface area contributed by atoms with Crippen molar-refractivity contribution < 1.29 is 18.0 Å². The van der Waals surface area contributed by atoms with Crippen molar-refractivity contribution in [2.24, 2.45) is 5.92 Å². The highest BCUT2D eigenvalue weighted by Gasteiger charge is 2.34. The number of carbonyl (C=O) groups is 1. The van der Waals surface area contributed by atoms with Crippen LogP contribution >= 0.6 is 11.3 Å². The number of alkyl halides is 3. The zero-order chi connectivity index (χ0) is 14.0. The molecule has 1 aliphatic heterocycles. The summed E-state index contributed by atoms with van der Waals surface area (Å²) in [6.45, 7) is 1.56. The Labute approximate surface area is 112 Å². The summed E-state index contributed by atoms with van der Waals surface area (Å²) >= 11 is 0.924. The van der Waals surface area contributed by atoms with E-state index in [9.17, 15) is 18.0 Å². The van der Waals surface area contributed by atoms with Gasteiger partial charge in [-0.25, -0.2) is 4.98 Å². The Morgan fingerprint density at radius 2 is 2.37 bits per heavy atom. The van der Waals surface area contributed by atoms with Crippen molar-refractivity contribution in [3.63, 3.8) is 0 Å². The molecule has 2 rings (SSSR count). The minimum atomic E-state index is -4.42. The van der Waals surface area contributed by atoms with Crippen LogP contribution in [-0.4, -0.2) is 35.9 Å². The zero-order valence-electron chi connectivity index (χ0n) is 10.3. The van der Waals surface area contributed by atoms with Gasteiger partial charge in [-0.3, -0.25) is 4.79 Å². The lowest BCUT2D eigenvalue weighted by Crippen LogP contribution is -2.33. The monoisotopic (exact) mass is 293 g/mol. The van der Waals surface area contributed by atoms with E-state index in [-0.39, 0.29) is 18.4 Å². The van der Waals surface area contributed by atoms with E-state index in [2.05, 4.69) is 10.3 Å². The van der Waals surface area contributed by atoms with Gasteiger partial charge in [0.05, 0.1) is 12.5 Å². The molecule has 8 heteroatoms. The van der Waals surface area contributed by atoms with Gasteiger partial charge < -0.3 is 10.2 Å². The van der Waals surface area contributed by atoms with E-state index >= 15 is 0 Å². The highest BCUT2D eigenvalue weighted by molar-refractivity contribution is 7.09. The van der Waals surface area contributed by atoms with E-state index < -0.39 is 11.9 Å². The van der Waals surface area contributed by atoms with Crippen molar-refractivity contribution >= 4 is 17.2 Å². The molecule has 1 fully saturated rings. The molecule has 19 heavy (non-hydrogen) atoms. The first-order chi connectivity index (χ1) is 8.88. The Hall–Kier alpha value is -1.15. The van der Waals surface area contributed by atoms with Gasteiger partial charge >= 0.3 is 6.18 Å². The van der Waals surface area contributed by atoms with Gasteiger partial charge in [-0.2, -0.15) is 13.2 Å². The number of amides is 1. The van der Waals surface area contributed by atoms with E-state index in [1.54, 1.807) is 7.05 Å². The predicted molar refractivity (Wildman–Crippen MR) is 64.6 cm³/mol. The third-order valence-corrected chi connectivity index (χ3v) is 3.83. The van der Waals surface area contributed by atoms with Gasteiger partial charge in [0.2, 0.25) is 5.91 Å². The molecule has 0 aromatic carbocycles. The van der Waals surface area contributed by atoms with Crippen molar-refractivity contribution in [2.45, 2.75) is 19.1 Å². The Morgan fingerprint density at radius 1 is 1.63 bits per heavy atom. The SMILES string of the molecule is CN(Cc1nc(C(F)(F)F)cs1)C(=O)C1CCNC1. The molecule has 1 aromatic heterocycles. The second kappa shape index (κ2) is 5.46. The van der Waals surface area contributed by atoms with Crippen LogP contribution in [0.4, 0.5) is 13.2 Å². The number of halogens is 3. The van der Waals surface area contributed by atoms with Crippen molar-refractivity contribution in [3.8, 4) is 0 Å². The van der Waals surface area contributed by atoms with Gasteiger partial charge in [-0.15, -0.1) is 11.3 Å². The van der Waals surface area contributed by atoms with Crippen molar-refractivity contribution in [1.82, 2.24) is 15.2 Å². The Morgan fingerprint density at radius 3 is 2.89 bits per heavy atom. The van der Waals surface area contributed by atoms with Crippen LogP contribution in [0, 0.1) is 5.92 Å². The molecule has 1 amide bonds. The number of rotatable bonds is 3. The lowest BCUT2D eigenvalue weighted by molar-refractivity contribution is -0.140. The summed E-state index contributed by atoms with van der Waals surface area (Å²) in [7, 11) is 1.59. The summed E-state index contributed by atoms with van der Waals surface area (Å²) in [5.74, 6) is -0.124. The van der Waals surface area contributed by atoms with Crippen molar-refractivity contribution in [1.29, 1.82) is 0 Å². The van der Waals surface area contributed by atoms with Crippen LogP contribution in [0.5, 0.6) is 0 Å². The molecule has 2 heterocycles. The largest absolute Gasteiger partial charge is 0.434 e. The average Bonchev–Trinajstić information content (AvgIpc) is 2.97. The normalized spacial score (nSPS) is 19.7. The van der Waals surface area contributed by atoms with Gasteiger partial charge in [0.1, 0.15) is 5.01 Å². The molecule has 1 aliphatic rings. The maximum Gasteiger partial charge on any atom is 0.434 e. The van der Waals surface area contributed by atoms with Crippen LogP contribution < -0.4 is 5.32 Å².